The fraction of sp³-hybridized carbons (Fsp3) is 0.318. The highest BCUT2D eigenvalue weighted by Crippen LogP contribution is 2.39. The van der Waals surface area contributed by atoms with Gasteiger partial charge in [-0.1, -0.05) is 24.4 Å². The van der Waals surface area contributed by atoms with E-state index in [9.17, 15) is 23.5 Å². The fourth-order valence-corrected chi connectivity index (χ4v) is 3.88. The van der Waals surface area contributed by atoms with Crippen LogP contribution in [0.2, 0.25) is 0 Å². The summed E-state index contributed by atoms with van der Waals surface area (Å²) in [5.74, 6) is -1.90. The van der Waals surface area contributed by atoms with E-state index in [1.54, 1.807) is 12.1 Å². The second kappa shape index (κ2) is 9.81. The number of nitrogens with one attached hydrogen (secondary N) is 2. The SMILES string of the molecule is O=C(Nc1ccc(C2(C(=O)O)CCCCC2)nc1)c1nnc(Nc2ccc(OC(F)F)cc2)o1. The Labute approximate surface area is 192 Å². The van der Waals surface area contributed by atoms with Crippen LogP contribution in [0.15, 0.2) is 47.0 Å². The predicted molar refractivity (Wildman–Crippen MR) is 115 cm³/mol. The summed E-state index contributed by atoms with van der Waals surface area (Å²) in [6.45, 7) is -2.92. The van der Waals surface area contributed by atoms with Crippen molar-refractivity contribution >= 4 is 29.3 Å². The lowest BCUT2D eigenvalue weighted by molar-refractivity contribution is -0.145. The standard InChI is InChI=1S/C22H21F2N5O5/c23-20(24)33-15-7-4-13(5-8-15)27-21-29-28-18(34-21)17(30)26-14-6-9-16(25-12-14)22(19(31)32)10-2-1-3-11-22/h4-9,12,20H,1-3,10-11H2,(H,26,30)(H,27,29)(H,31,32). The molecule has 1 aliphatic carbocycles. The predicted octanol–water partition coefficient (Wildman–Crippen LogP) is 4.35. The number of carbonyl (C=O) groups excluding carboxylic acids is 1. The lowest BCUT2D eigenvalue weighted by Crippen LogP contribution is -2.38. The number of rotatable bonds is 8. The molecule has 3 N–H and O–H groups in total. The summed E-state index contributed by atoms with van der Waals surface area (Å²) in [7, 11) is 0. The van der Waals surface area contributed by atoms with Gasteiger partial charge in [0, 0.05) is 5.69 Å². The monoisotopic (exact) mass is 473 g/mol. The molecule has 0 spiro atoms. The second-order valence-corrected chi connectivity index (χ2v) is 7.77. The Morgan fingerprint density at radius 3 is 2.35 bits per heavy atom. The smallest absolute Gasteiger partial charge is 0.387 e. The molecule has 1 fully saturated rings. The molecule has 0 atom stereocenters. The molecule has 0 bridgehead atoms. The molecule has 1 amide bonds. The van der Waals surface area contributed by atoms with Crippen LogP contribution in [0.25, 0.3) is 0 Å². The number of alkyl halides is 2. The van der Waals surface area contributed by atoms with Crippen molar-refractivity contribution in [1.82, 2.24) is 15.2 Å². The van der Waals surface area contributed by atoms with Gasteiger partial charge < -0.3 is 24.9 Å². The Balaban J connectivity index is 1.38. The van der Waals surface area contributed by atoms with E-state index in [1.807, 2.05) is 0 Å². The van der Waals surface area contributed by atoms with Crippen molar-refractivity contribution in [3.05, 3.63) is 54.2 Å². The van der Waals surface area contributed by atoms with Crippen LogP contribution in [0.1, 0.15) is 48.5 Å². The second-order valence-electron chi connectivity index (χ2n) is 7.77. The lowest BCUT2D eigenvalue weighted by atomic mass is 9.71. The van der Waals surface area contributed by atoms with Crippen molar-refractivity contribution in [1.29, 1.82) is 0 Å². The van der Waals surface area contributed by atoms with E-state index < -0.39 is 23.9 Å². The van der Waals surface area contributed by atoms with Crippen LogP contribution in [0.4, 0.5) is 26.2 Å². The molecule has 12 heteroatoms. The van der Waals surface area contributed by atoms with Crippen LogP contribution in [-0.4, -0.2) is 38.8 Å². The third kappa shape index (κ3) is 5.11. The van der Waals surface area contributed by atoms with Gasteiger partial charge in [-0.3, -0.25) is 14.6 Å². The number of carbonyl (C=O) groups is 2. The van der Waals surface area contributed by atoms with Crippen molar-refractivity contribution in [2.45, 2.75) is 44.1 Å². The number of ether oxygens (including phenoxy) is 1. The molecule has 3 aromatic rings. The molecule has 1 aliphatic rings. The van der Waals surface area contributed by atoms with Crippen LogP contribution in [-0.2, 0) is 10.2 Å². The highest BCUT2D eigenvalue weighted by atomic mass is 19.3. The molecule has 10 nitrogen and oxygen atoms in total. The number of aliphatic carboxylic acids is 1. The third-order valence-electron chi connectivity index (χ3n) is 5.58. The first kappa shape index (κ1) is 23.1. The number of benzene rings is 1. The fourth-order valence-electron chi connectivity index (χ4n) is 3.88. The summed E-state index contributed by atoms with van der Waals surface area (Å²) >= 11 is 0. The van der Waals surface area contributed by atoms with Crippen LogP contribution >= 0.6 is 0 Å². The number of halogens is 2. The molecular formula is C22H21F2N5O5. The van der Waals surface area contributed by atoms with Gasteiger partial charge >= 0.3 is 30.4 Å². The van der Waals surface area contributed by atoms with Gasteiger partial charge in [-0.15, -0.1) is 5.10 Å². The van der Waals surface area contributed by atoms with Crippen molar-refractivity contribution in [3.8, 4) is 5.75 Å². The van der Waals surface area contributed by atoms with Gasteiger partial charge in [-0.05, 0) is 49.2 Å². The van der Waals surface area contributed by atoms with Gasteiger partial charge in [0.1, 0.15) is 11.2 Å². The molecule has 4 rings (SSSR count). The average Bonchev–Trinajstić information content (AvgIpc) is 3.29. The zero-order valence-electron chi connectivity index (χ0n) is 17.8. The highest BCUT2D eigenvalue weighted by molar-refractivity contribution is 6.00. The van der Waals surface area contributed by atoms with E-state index in [0.717, 1.165) is 19.3 Å². The molecule has 0 saturated heterocycles. The number of amides is 1. The van der Waals surface area contributed by atoms with Gasteiger partial charge in [0.2, 0.25) is 0 Å². The Bertz CT molecular complexity index is 1150. The van der Waals surface area contributed by atoms with Crippen LogP contribution < -0.4 is 15.4 Å². The lowest BCUT2D eigenvalue weighted by Gasteiger charge is -2.32. The van der Waals surface area contributed by atoms with Gasteiger partial charge in [-0.25, -0.2) is 0 Å². The molecule has 1 saturated carbocycles. The molecule has 34 heavy (non-hydrogen) atoms. The number of carboxylic acid groups (broad SMARTS) is 1. The van der Waals surface area contributed by atoms with Crippen molar-refractivity contribution in [2.24, 2.45) is 0 Å². The summed E-state index contributed by atoms with van der Waals surface area (Å²) in [5, 5.41) is 22.5. The first-order chi connectivity index (χ1) is 16.4. The Kier molecular flexibility index (Phi) is 6.66. The van der Waals surface area contributed by atoms with E-state index in [0.29, 0.717) is 29.9 Å². The molecule has 2 heterocycles. The number of hydrogen-bond donors (Lipinski definition) is 3. The van der Waals surface area contributed by atoms with Gasteiger partial charge in [-0.2, -0.15) is 8.78 Å². The quantitative estimate of drug-likeness (QED) is 0.436. The summed E-state index contributed by atoms with van der Waals surface area (Å²) in [4.78, 5) is 28.7. The summed E-state index contributed by atoms with van der Waals surface area (Å²) < 4.78 is 34.0. The maximum absolute atomic E-state index is 12.4. The molecular weight excluding hydrogens is 452 g/mol. The normalized spacial score (nSPS) is 15.0. The van der Waals surface area contributed by atoms with E-state index in [1.165, 1.54) is 30.5 Å². The topological polar surface area (TPSA) is 139 Å². The molecule has 0 unspecified atom stereocenters. The number of carboxylic acids is 1. The molecule has 0 aliphatic heterocycles. The molecule has 0 radical (unpaired) electrons. The zero-order chi connectivity index (χ0) is 24.1. The minimum Gasteiger partial charge on any atom is -0.481 e. The number of pyridine rings is 1. The summed E-state index contributed by atoms with van der Waals surface area (Å²) in [6.07, 6.45) is 5.11. The largest absolute Gasteiger partial charge is 0.481 e. The zero-order valence-corrected chi connectivity index (χ0v) is 17.8. The van der Waals surface area contributed by atoms with Crippen molar-refractivity contribution < 1.29 is 32.6 Å². The van der Waals surface area contributed by atoms with E-state index in [4.69, 9.17) is 4.42 Å². The van der Waals surface area contributed by atoms with E-state index >= 15 is 0 Å². The van der Waals surface area contributed by atoms with Crippen LogP contribution in [0, 0.1) is 0 Å². The number of anilines is 3. The van der Waals surface area contributed by atoms with Crippen LogP contribution in [0.5, 0.6) is 5.75 Å². The Morgan fingerprint density at radius 2 is 1.74 bits per heavy atom. The number of aromatic nitrogens is 3. The number of nitrogens with zero attached hydrogens (tertiary/aromatic N) is 3. The van der Waals surface area contributed by atoms with Crippen LogP contribution in [0.3, 0.4) is 0 Å². The third-order valence-corrected chi connectivity index (χ3v) is 5.58. The van der Waals surface area contributed by atoms with Gasteiger partial charge in [0.15, 0.2) is 0 Å². The minimum atomic E-state index is -2.92. The molecule has 178 valence electrons. The highest BCUT2D eigenvalue weighted by Gasteiger charge is 2.42. The first-order valence-electron chi connectivity index (χ1n) is 10.5. The average molecular weight is 473 g/mol. The Hall–Kier alpha value is -4.09. The van der Waals surface area contributed by atoms with Crippen molar-refractivity contribution in [3.63, 3.8) is 0 Å². The summed E-state index contributed by atoms with van der Waals surface area (Å²) in [6, 6.07) is 8.70. The maximum atomic E-state index is 12.4. The first-order valence-corrected chi connectivity index (χ1v) is 10.5. The number of hydrogen-bond acceptors (Lipinski definition) is 8. The maximum Gasteiger partial charge on any atom is 0.387 e. The van der Waals surface area contributed by atoms with Gasteiger partial charge in [0.05, 0.1) is 17.6 Å². The Morgan fingerprint density at radius 1 is 1.03 bits per heavy atom. The molecule has 2 aromatic heterocycles. The summed E-state index contributed by atoms with van der Waals surface area (Å²) in [5.41, 5.74) is 0.254. The van der Waals surface area contributed by atoms with E-state index in [-0.39, 0.29) is 17.7 Å². The van der Waals surface area contributed by atoms with E-state index in [2.05, 4.69) is 30.6 Å². The van der Waals surface area contributed by atoms with Crippen molar-refractivity contribution in [2.75, 3.05) is 10.6 Å². The molecule has 1 aromatic carbocycles. The van der Waals surface area contributed by atoms with Gasteiger partial charge in [0.25, 0.3) is 0 Å². The minimum absolute atomic E-state index is 0.0106.